The Morgan fingerprint density at radius 3 is 2.65 bits per heavy atom. The van der Waals surface area contributed by atoms with Gasteiger partial charge in [0.25, 0.3) is 0 Å². The van der Waals surface area contributed by atoms with Crippen LogP contribution in [0.25, 0.3) is 0 Å². The minimum absolute atomic E-state index is 0.476. The van der Waals surface area contributed by atoms with Gasteiger partial charge in [-0.3, -0.25) is 4.31 Å². The highest BCUT2D eigenvalue weighted by atomic mass is 32.2. The van der Waals surface area contributed by atoms with Crippen molar-refractivity contribution in [2.24, 2.45) is 0 Å². The van der Waals surface area contributed by atoms with E-state index in [-0.39, 0.29) is 0 Å². The molecule has 1 aliphatic heterocycles. The van der Waals surface area contributed by atoms with E-state index < -0.39 is 5.67 Å². The number of benzene rings is 1. The average molecular weight is 294 g/mol. The summed E-state index contributed by atoms with van der Waals surface area (Å²) >= 11 is 1.73. The number of piperidine rings is 1. The molecular formula is C16H23FN2S. The Balaban J connectivity index is 1.45. The summed E-state index contributed by atoms with van der Waals surface area (Å²) in [4.78, 5) is 0. The molecule has 20 heavy (non-hydrogen) atoms. The fraction of sp³-hybridized carbons (Fsp3) is 0.625. The van der Waals surface area contributed by atoms with Gasteiger partial charge in [0.1, 0.15) is 5.67 Å². The van der Waals surface area contributed by atoms with Crippen molar-refractivity contribution in [3.63, 3.8) is 0 Å². The summed E-state index contributed by atoms with van der Waals surface area (Å²) in [5.74, 6) is 0.589. The van der Waals surface area contributed by atoms with Gasteiger partial charge in [0.05, 0.1) is 0 Å². The van der Waals surface area contributed by atoms with Crippen LogP contribution in [0.3, 0.4) is 0 Å². The molecular weight excluding hydrogens is 271 g/mol. The topological polar surface area (TPSA) is 15.3 Å². The summed E-state index contributed by atoms with van der Waals surface area (Å²) in [5.41, 5.74) is 0.380. The van der Waals surface area contributed by atoms with Crippen molar-refractivity contribution < 1.29 is 4.39 Å². The van der Waals surface area contributed by atoms with Gasteiger partial charge in [-0.05, 0) is 31.1 Å². The number of hydrogen-bond donors (Lipinski definition) is 1. The Hall–Kier alpha value is -0.580. The van der Waals surface area contributed by atoms with E-state index in [0.717, 1.165) is 19.5 Å². The van der Waals surface area contributed by atoms with Gasteiger partial charge in [0.2, 0.25) is 0 Å². The minimum Gasteiger partial charge on any atom is -0.310 e. The van der Waals surface area contributed by atoms with Crippen molar-refractivity contribution in [2.45, 2.75) is 36.9 Å². The molecule has 1 aromatic rings. The van der Waals surface area contributed by atoms with Gasteiger partial charge in [0.15, 0.2) is 0 Å². The van der Waals surface area contributed by atoms with Gasteiger partial charge in [-0.15, -0.1) is 0 Å². The predicted molar refractivity (Wildman–Crippen MR) is 83.8 cm³/mol. The van der Waals surface area contributed by atoms with Crippen LogP contribution in [0.4, 0.5) is 4.39 Å². The summed E-state index contributed by atoms with van der Waals surface area (Å²) in [7, 11) is 0. The molecule has 1 aromatic carbocycles. The molecule has 1 aliphatic carbocycles. The van der Waals surface area contributed by atoms with Gasteiger partial charge < -0.3 is 5.32 Å². The minimum atomic E-state index is -1.00. The first kappa shape index (κ1) is 14.4. The lowest BCUT2D eigenvalue weighted by Crippen LogP contribution is -2.45. The van der Waals surface area contributed by atoms with Crippen molar-refractivity contribution in [3.8, 4) is 0 Å². The standard InChI is InChI=1S/C16H23FN2S/c1-20-19-9-7-16(17,8-10-19)12-18-15-11-14(15)13-5-3-2-4-6-13/h2-6,14-15,18H,7-12H2,1H3. The van der Waals surface area contributed by atoms with E-state index in [0.29, 0.717) is 31.3 Å². The Morgan fingerprint density at radius 2 is 2.00 bits per heavy atom. The lowest BCUT2D eigenvalue weighted by molar-refractivity contribution is 0.0905. The second kappa shape index (κ2) is 6.04. The third-order valence-corrected chi connectivity index (χ3v) is 5.46. The third kappa shape index (κ3) is 3.35. The Labute approximate surface area is 125 Å². The number of nitrogens with one attached hydrogen (secondary N) is 1. The normalized spacial score (nSPS) is 29.3. The summed E-state index contributed by atoms with van der Waals surface area (Å²) in [6.45, 7) is 2.25. The summed E-state index contributed by atoms with van der Waals surface area (Å²) in [6.07, 6.45) is 4.53. The molecule has 4 heteroatoms. The van der Waals surface area contributed by atoms with E-state index in [2.05, 4.69) is 40.1 Å². The first-order valence-electron chi connectivity index (χ1n) is 7.46. The van der Waals surface area contributed by atoms with Crippen LogP contribution in [-0.4, -0.2) is 41.9 Å². The summed E-state index contributed by atoms with van der Waals surface area (Å²) < 4.78 is 17.0. The second-order valence-corrected chi connectivity index (χ2v) is 6.88. The van der Waals surface area contributed by atoms with Crippen LogP contribution in [0.5, 0.6) is 0 Å². The van der Waals surface area contributed by atoms with Gasteiger partial charge in [0, 0.05) is 31.6 Å². The van der Waals surface area contributed by atoms with Gasteiger partial charge in [-0.25, -0.2) is 4.39 Å². The zero-order valence-electron chi connectivity index (χ0n) is 12.0. The molecule has 3 rings (SSSR count). The number of rotatable bonds is 5. The van der Waals surface area contributed by atoms with Crippen molar-refractivity contribution in [1.82, 2.24) is 9.62 Å². The van der Waals surface area contributed by atoms with Crippen LogP contribution in [0.15, 0.2) is 30.3 Å². The fourth-order valence-electron chi connectivity index (χ4n) is 3.05. The smallest absolute Gasteiger partial charge is 0.125 e. The first-order valence-corrected chi connectivity index (χ1v) is 8.65. The van der Waals surface area contributed by atoms with Crippen LogP contribution < -0.4 is 5.32 Å². The zero-order chi connectivity index (χ0) is 14.0. The van der Waals surface area contributed by atoms with Crippen LogP contribution in [0, 0.1) is 0 Å². The fourth-order valence-corrected chi connectivity index (χ4v) is 3.60. The summed E-state index contributed by atoms with van der Waals surface area (Å²) in [6, 6.07) is 11.0. The molecule has 1 saturated carbocycles. The van der Waals surface area contributed by atoms with Gasteiger partial charge >= 0.3 is 0 Å². The average Bonchev–Trinajstić information content (AvgIpc) is 3.27. The Morgan fingerprint density at radius 1 is 1.30 bits per heavy atom. The highest BCUT2D eigenvalue weighted by Gasteiger charge is 2.41. The van der Waals surface area contributed by atoms with E-state index >= 15 is 0 Å². The second-order valence-electron chi connectivity index (χ2n) is 6.00. The quantitative estimate of drug-likeness (QED) is 0.840. The largest absolute Gasteiger partial charge is 0.310 e. The molecule has 1 heterocycles. The van der Waals surface area contributed by atoms with E-state index in [1.54, 1.807) is 11.9 Å². The highest BCUT2D eigenvalue weighted by Crippen LogP contribution is 2.41. The maximum atomic E-state index is 14.7. The number of halogens is 1. The molecule has 0 aromatic heterocycles. The molecule has 0 spiro atoms. The molecule has 2 atom stereocenters. The SMILES string of the molecule is CSN1CCC(F)(CNC2CC2c2ccccc2)CC1. The van der Waals surface area contributed by atoms with E-state index in [1.165, 1.54) is 5.56 Å². The highest BCUT2D eigenvalue weighted by molar-refractivity contribution is 7.96. The van der Waals surface area contributed by atoms with Crippen LogP contribution in [-0.2, 0) is 0 Å². The Bertz CT molecular complexity index is 431. The molecule has 2 unspecified atom stereocenters. The van der Waals surface area contributed by atoms with Crippen molar-refractivity contribution >= 4 is 11.9 Å². The molecule has 110 valence electrons. The van der Waals surface area contributed by atoms with E-state index in [4.69, 9.17) is 0 Å². The molecule has 2 nitrogen and oxygen atoms in total. The van der Waals surface area contributed by atoms with Gasteiger partial charge in [-0.2, -0.15) is 0 Å². The van der Waals surface area contributed by atoms with Crippen molar-refractivity contribution in [2.75, 3.05) is 25.9 Å². The van der Waals surface area contributed by atoms with Crippen LogP contribution in [0.2, 0.25) is 0 Å². The molecule has 0 radical (unpaired) electrons. The molecule has 2 aliphatic rings. The van der Waals surface area contributed by atoms with E-state index in [9.17, 15) is 4.39 Å². The lowest BCUT2D eigenvalue weighted by Gasteiger charge is -2.35. The predicted octanol–water partition coefficient (Wildman–Crippen LogP) is 3.21. The number of hydrogen-bond acceptors (Lipinski definition) is 3. The Kier molecular flexibility index (Phi) is 4.34. The third-order valence-electron chi connectivity index (χ3n) is 4.58. The van der Waals surface area contributed by atoms with Crippen LogP contribution in [0.1, 0.15) is 30.7 Å². The number of nitrogens with zero attached hydrogens (tertiary/aromatic N) is 1. The van der Waals surface area contributed by atoms with Crippen LogP contribution >= 0.6 is 11.9 Å². The molecule has 0 amide bonds. The van der Waals surface area contributed by atoms with Crippen molar-refractivity contribution in [1.29, 1.82) is 0 Å². The van der Waals surface area contributed by atoms with E-state index in [1.807, 2.05) is 6.07 Å². The summed E-state index contributed by atoms with van der Waals surface area (Å²) in [5, 5.41) is 3.45. The zero-order valence-corrected chi connectivity index (χ0v) is 12.8. The number of alkyl halides is 1. The maximum absolute atomic E-state index is 14.7. The van der Waals surface area contributed by atoms with Gasteiger partial charge in [-0.1, -0.05) is 42.3 Å². The van der Waals surface area contributed by atoms with Crippen molar-refractivity contribution in [3.05, 3.63) is 35.9 Å². The first-order chi connectivity index (χ1) is 9.70. The monoisotopic (exact) mass is 294 g/mol. The molecule has 1 N–H and O–H groups in total. The maximum Gasteiger partial charge on any atom is 0.125 e. The molecule has 2 fully saturated rings. The molecule has 0 bridgehead atoms. The molecule has 1 saturated heterocycles. The lowest BCUT2D eigenvalue weighted by atomic mass is 9.94.